The zero-order valence-electron chi connectivity index (χ0n) is 9.02. The molecule has 1 saturated carbocycles. The first-order chi connectivity index (χ1) is 7.57. The predicted octanol–water partition coefficient (Wildman–Crippen LogP) is 2.66. The number of nitrogens with zero attached hydrogens (tertiary/aromatic N) is 1. The van der Waals surface area contributed by atoms with Gasteiger partial charge in [0.2, 0.25) is 10.0 Å². The molecule has 0 saturated heterocycles. The van der Waals surface area contributed by atoms with Gasteiger partial charge in [0.05, 0.1) is 10.8 Å². The SMILES string of the molecule is CN(C1CCC1)S(=O)(=O)c1ccsc1CCl. The summed E-state index contributed by atoms with van der Waals surface area (Å²) in [7, 11) is -1.68. The molecule has 0 aliphatic heterocycles. The Bertz CT molecular complexity index is 465. The molecule has 90 valence electrons. The summed E-state index contributed by atoms with van der Waals surface area (Å²) in [6.45, 7) is 0. The van der Waals surface area contributed by atoms with Gasteiger partial charge in [0.25, 0.3) is 0 Å². The van der Waals surface area contributed by atoms with E-state index in [1.807, 2.05) is 0 Å². The van der Waals surface area contributed by atoms with Gasteiger partial charge in [0.15, 0.2) is 0 Å². The average molecular weight is 280 g/mol. The van der Waals surface area contributed by atoms with E-state index < -0.39 is 10.0 Å². The van der Waals surface area contributed by atoms with Crippen LogP contribution in [0.25, 0.3) is 0 Å². The summed E-state index contributed by atoms with van der Waals surface area (Å²) < 4.78 is 26.1. The normalized spacial score (nSPS) is 17.7. The third-order valence-electron chi connectivity index (χ3n) is 3.07. The fourth-order valence-electron chi connectivity index (χ4n) is 1.76. The quantitative estimate of drug-likeness (QED) is 0.795. The van der Waals surface area contributed by atoms with E-state index in [2.05, 4.69) is 0 Å². The number of sulfonamides is 1. The number of thiophene rings is 1. The maximum Gasteiger partial charge on any atom is 0.244 e. The Hall–Kier alpha value is -0.100. The summed E-state index contributed by atoms with van der Waals surface area (Å²) >= 11 is 7.13. The maximum atomic E-state index is 12.3. The van der Waals surface area contributed by atoms with Gasteiger partial charge < -0.3 is 0 Å². The number of rotatable bonds is 4. The lowest BCUT2D eigenvalue weighted by Gasteiger charge is -2.33. The fraction of sp³-hybridized carbons (Fsp3) is 0.600. The van der Waals surface area contributed by atoms with E-state index in [9.17, 15) is 8.42 Å². The van der Waals surface area contributed by atoms with Crippen LogP contribution in [-0.4, -0.2) is 25.8 Å². The predicted molar refractivity (Wildman–Crippen MR) is 66.5 cm³/mol. The zero-order chi connectivity index (χ0) is 11.8. The second kappa shape index (κ2) is 4.64. The molecule has 1 aliphatic carbocycles. The minimum Gasteiger partial charge on any atom is -0.207 e. The summed E-state index contributed by atoms with van der Waals surface area (Å²) in [6.07, 6.45) is 3.06. The molecule has 0 amide bonds. The van der Waals surface area contributed by atoms with Crippen LogP contribution in [0.15, 0.2) is 16.3 Å². The third kappa shape index (κ3) is 2.01. The Labute approximate surface area is 105 Å². The minimum atomic E-state index is -3.34. The van der Waals surface area contributed by atoms with E-state index in [1.165, 1.54) is 15.6 Å². The highest BCUT2D eigenvalue weighted by Crippen LogP contribution is 2.31. The van der Waals surface area contributed by atoms with Crippen LogP contribution in [0.5, 0.6) is 0 Å². The molecule has 0 N–H and O–H groups in total. The van der Waals surface area contributed by atoms with E-state index in [-0.39, 0.29) is 11.9 Å². The van der Waals surface area contributed by atoms with E-state index in [1.54, 1.807) is 18.5 Å². The third-order valence-corrected chi connectivity index (χ3v) is 6.54. The minimum absolute atomic E-state index is 0.174. The number of hydrogen-bond donors (Lipinski definition) is 0. The highest BCUT2D eigenvalue weighted by atomic mass is 35.5. The first-order valence-corrected chi connectivity index (χ1v) is 8.03. The van der Waals surface area contributed by atoms with E-state index in [4.69, 9.17) is 11.6 Å². The van der Waals surface area contributed by atoms with Gasteiger partial charge in [-0.3, -0.25) is 0 Å². The molecule has 3 nitrogen and oxygen atoms in total. The largest absolute Gasteiger partial charge is 0.244 e. The van der Waals surface area contributed by atoms with Crippen molar-refractivity contribution in [2.75, 3.05) is 7.05 Å². The monoisotopic (exact) mass is 279 g/mol. The molecule has 0 bridgehead atoms. The van der Waals surface area contributed by atoms with Crippen LogP contribution in [0, 0.1) is 0 Å². The molecule has 0 aromatic carbocycles. The molecule has 6 heteroatoms. The summed E-state index contributed by atoms with van der Waals surface area (Å²) in [6, 6.07) is 1.82. The summed E-state index contributed by atoms with van der Waals surface area (Å²) in [5, 5.41) is 1.78. The molecule has 0 radical (unpaired) electrons. The van der Waals surface area contributed by atoms with Gasteiger partial charge >= 0.3 is 0 Å². The van der Waals surface area contributed by atoms with Gasteiger partial charge in [0, 0.05) is 18.0 Å². The first kappa shape index (κ1) is 12.4. The second-order valence-electron chi connectivity index (χ2n) is 3.95. The lowest BCUT2D eigenvalue weighted by molar-refractivity contribution is 0.249. The van der Waals surface area contributed by atoms with Gasteiger partial charge in [-0.05, 0) is 24.3 Å². The standard InChI is InChI=1S/C10H14ClNO2S2/c1-12(8-3-2-4-8)16(13,14)10-5-6-15-9(10)7-11/h5-6,8H,2-4,7H2,1H3. The fourth-order valence-corrected chi connectivity index (χ4v) is 4.85. The van der Waals surface area contributed by atoms with Crippen LogP contribution in [0.2, 0.25) is 0 Å². The van der Waals surface area contributed by atoms with Crippen LogP contribution in [0.3, 0.4) is 0 Å². The van der Waals surface area contributed by atoms with Crippen molar-refractivity contribution in [1.82, 2.24) is 4.31 Å². The van der Waals surface area contributed by atoms with Crippen molar-refractivity contribution in [3.63, 3.8) is 0 Å². The first-order valence-electron chi connectivity index (χ1n) is 5.17. The number of halogens is 1. The smallest absolute Gasteiger partial charge is 0.207 e. The van der Waals surface area contributed by atoms with Gasteiger partial charge in [-0.1, -0.05) is 6.42 Å². The molecule has 16 heavy (non-hydrogen) atoms. The zero-order valence-corrected chi connectivity index (χ0v) is 11.4. The van der Waals surface area contributed by atoms with Crippen LogP contribution < -0.4 is 0 Å². The van der Waals surface area contributed by atoms with Gasteiger partial charge in [-0.2, -0.15) is 4.31 Å². The highest BCUT2D eigenvalue weighted by molar-refractivity contribution is 7.89. The average Bonchev–Trinajstić information content (AvgIpc) is 2.62. The van der Waals surface area contributed by atoms with Crippen LogP contribution in [0.1, 0.15) is 24.1 Å². The molecule has 0 atom stereocenters. The van der Waals surface area contributed by atoms with Crippen molar-refractivity contribution in [3.8, 4) is 0 Å². The molecule has 1 aromatic heterocycles. The molecular weight excluding hydrogens is 266 g/mol. The summed E-state index contributed by atoms with van der Waals surface area (Å²) in [5.41, 5.74) is 0. The Morgan fingerprint density at radius 2 is 2.25 bits per heavy atom. The van der Waals surface area contributed by atoms with Gasteiger partial charge in [-0.15, -0.1) is 22.9 Å². The maximum absolute atomic E-state index is 12.3. The summed E-state index contributed by atoms with van der Waals surface area (Å²) in [5.74, 6) is 0.255. The number of alkyl halides is 1. The Morgan fingerprint density at radius 3 is 2.75 bits per heavy atom. The van der Waals surface area contributed by atoms with Crippen molar-refractivity contribution in [2.45, 2.75) is 36.1 Å². The molecule has 0 unspecified atom stereocenters. The number of hydrogen-bond acceptors (Lipinski definition) is 3. The van der Waals surface area contributed by atoms with Crippen molar-refractivity contribution in [3.05, 3.63) is 16.3 Å². The lowest BCUT2D eigenvalue weighted by atomic mass is 9.94. The topological polar surface area (TPSA) is 37.4 Å². The molecule has 2 rings (SSSR count). The van der Waals surface area contributed by atoms with Crippen LogP contribution in [-0.2, 0) is 15.9 Å². The van der Waals surface area contributed by atoms with E-state index in [0.29, 0.717) is 4.90 Å². The molecule has 1 fully saturated rings. The Balaban J connectivity index is 2.30. The van der Waals surface area contributed by atoms with Crippen molar-refractivity contribution in [1.29, 1.82) is 0 Å². The summed E-state index contributed by atoms with van der Waals surface area (Å²) in [4.78, 5) is 1.11. The van der Waals surface area contributed by atoms with E-state index in [0.717, 1.165) is 24.1 Å². The second-order valence-corrected chi connectivity index (χ2v) is 7.18. The lowest BCUT2D eigenvalue weighted by Crippen LogP contribution is -2.41. The Kier molecular flexibility index (Phi) is 3.59. The highest BCUT2D eigenvalue weighted by Gasteiger charge is 2.33. The van der Waals surface area contributed by atoms with Crippen LogP contribution >= 0.6 is 22.9 Å². The van der Waals surface area contributed by atoms with Crippen molar-refractivity contribution < 1.29 is 8.42 Å². The van der Waals surface area contributed by atoms with Gasteiger partial charge in [-0.25, -0.2) is 8.42 Å². The molecular formula is C10H14ClNO2S2. The Morgan fingerprint density at radius 1 is 1.56 bits per heavy atom. The van der Waals surface area contributed by atoms with Crippen molar-refractivity contribution in [2.24, 2.45) is 0 Å². The van der Waals surface area contributed by atoms with Crippen molar-refractivity contribution >= 4 is 33.0 Å². The molecule has 1 aromatic rings. The van der Waals surface area contributed by atoms with E-state index >= 15 is 0 Å². The van der Waals surface area contributed by atoms with Gasteiger partial charge in [0.1, 0.15) is 0 Å². The van der Waals surface area contributed by atoms with Crippen LogP contribution in [0.4, 0.5) is 0 Å². The molecule has 1 heterocycles. The molecule has 0 spiro atoms. The molecule has 1 aliphatic rings.